The van der Waals surface area contributed by atoms with Gasteiger partial charge in [-0.1, -0.05) is 51.7 Å². The van der Waals surface area contributed by atoms with Gasteiger partial charge in [0.15, 0.2) is 0 Å². The van der Waals surface area contributed by atoms with Crippen molar-refractivity contribution in [1.29, 1.82) is 0 Å². The van der Waals surface area contributed by atoms with Crippen LogP contribution in [-0.2, 0) is 0 Å². The summed E-state index contributed by atoms with van der Waals surface area (Å²) in [7, 11) is 0. The van der Waals surface area contributed by atoms with Crippen molar-refractivity contribution in [3.8, 4) is 0 Å². The Balaban J connectivity index is 2.45. The first-order valence-electron chi connectivity index (χ1n) is 9.88. The molecule has 2 unspecified atom stereocenters. The molecule has 1 aromatic rings. The Morgan fingerprint density at radius 3 is 2.38 bits per heavy atom. The lowest BCUT2D eigenvalue weighted by Crippen LogP contribution is -2.35. The fraction of sp³-hybridized carbons (Fsp3) is 0.520. The highest BCUT2D eigenvalue weighted by Crippen LogP contribution is 2.54. The van der Waals surface area contributed by atoms with E-state index in [4.69, 9.17) is 0 Å². The average Bonchev–Trinajstić information content (AvgIpc) is 2.59. The van der Waals surface area contributed by atoms with Crippen LogP contribution in [0, 0.1) is 43.8 Å². The van der Waals surface area contributed by atoms with Crippen LogP contribution >= 0.6 is 0 Å². The highest BCUT2D eigenvalue weighted by molar-refractivity contribution is 5.68. The quantitative estimate of drug-likeness (QED) is 0.475. The van der Waals surface area contributed by atoms with Crippen LogP contribution in [0.2, 0.25) is 0 Å². The van der Waals surface area contributed by atoms with Crippen LogP contribution < -0.4 is 0 Å². The molecule has 0 aliphatic heterocycles. The summed E-state index contributed by atoms with van der Waals surface area (Å²) >= 11 is 0. The Morgan fingerprint density at radius 2 is 1.85 bits per heavy atom. The van der Waals surface area contributed by atoms with Crippen molar-refractivity contribution in [2.45, 2.75) is 67.2 Å². The van der Waals surface area contributed by atoms with Gasteiger partial charge in [0.2, 0.25) is 0 Å². The summed E-state index contributed by atoms with van der Waals surface area (Å²) in [6.45, 7) is 25.8. The maximum absolute atomic E-state index is 15.0. The third-order valence-electron chi connectivity index (χ3n) is 6.88. The number of aryl methyl sites for hydroxylation is 1. The molecule has 0 spiro atoms. The molecule has 26 heavy (non-hydrogen) atoms. The van der Waals surface area contributed by atoms with Crippen molar-refractivity contribution in [3.05, 3.63) is 65.0 Å². The number of benzene rings is 1. The predicted octanol–water partition coefficient (Wildman–Crippen LogP) is 7.73. The molecule has 1 aromatic carbocycles. The van der Waals surface area contributed by atoms with E-state index >= 15 is 0 Å². The van der Waals surface area contributed by atoms with Gasteiger partial charge < -0.3 is 0 Å². The molecule has 1 saturated carbocycles. The van der Waals surface area contributed by atoms with E-state index in [0.717, 1.165) is 41.5 Å². The number of rotatable bonds is 5. The zero-order chi connectivity index (χ0) is 19.8. The first-order chi connectivity index (χ1) is 12.1. The summed E-state index contributed by atoms with van der Waals surface area (Å²) in [4.78, 5) is 0. The maximum Gasteiger partial charge on any atom is 0.133 e. The first kappa shape index (κ1) is 20.7. The van der Waals surface area contributed by atoms with Crippen LogP contribution in [0.3, 0.4) is 0 Å². The normalized spacial score (nSPS) is 23.6. The molecule has 0 heterocycles. The van der Waals surface area contributed by atoms with Gasteiger partial charge in [-0.3, -0.25) is 0 Å². The molecular formula is C25H35F. The third-order valence-corrected chi connectivity index (χ3v) is 6.88. The summed E-state index contributed by atoms with van der Waals surface area (Å²) in [6, 6.07) is 1.96. The van der Waals surface area contributed by atoms with E-state index in [1.165, 1.54) is 11.1 Å². The topological polar surface area (TPSA) is 0 Å². The Bertz CT molecular complexity index is 750. The van der Waals surface area contributed by atoms with Crippen molar-refractivity contribution < 1.29 is 4.39 Å². The minimum Gasteiger partial charge on any atom is -0.206 e. The average molecular weight is 355 g/mol. The van der Waals surface area contributed by atoms with E-state index < -0.39 is 0 Å². The van der Waals surface area contributed by atoms with Crippen LogP contribution in [-0.4, -0.2) is 0 Å². The van der Waals surface area contributed by atoms with Crippen LogP contribution in [0.5, 0.6) is 0 Å². The molecule has 0 bridgehead atoms. The minimum atomic E-state index is -0.163. The van der Waals surface area contributed by atoms with E-state index in [2.05, 4.69) is 40.5 Å². The van der Waals surface area contributed by atoms with Gasteiger partial charge in [-0.25, -0.2) is 4.39 Å². The van der Waals surface area contributed by atoms with Gasteiger partial charge in [0.05, 0.1) is 0 Å². The molecular weight excluding hydrogens is 319 g/mol. The first-order valence-corrected chi connectivity index (χ1v) is 9.88. The molecule has 0 aromatic heterocycles. The van der Waals surface area contributed by atoms with Gasteiger partial charge in [0.1, 0.15) is 5.82 Å². The predicted molar refractivity (Wildman–Crippen MR) is 113 cm³/mol. The smallest absolute Gasteiger partial charge is 0.133 e. The highest BCUT2D eigenvalue weighted by atomic mass is 19.1. The number of hydrogen-bond acceptors (Lipinski definition) is 0. The van der Waals surface area contributed by atoms with Crippen LogP contribution in [0.25, 0.3) is 5.57 Å². The molecule has 1 aliphatic carbocycles. The fourth-order valence-corrected chi connectivity index (χ4v) is 4.67. The molecule has 1 heteroatoms. The molecule has 142 valence electrons. The SMILES string of the molecule is C=C(CC1(CC)C(=C)CCC(C(C)C)C1=C)c1cc(C)c(C)c(C)c1F. The highest BCUT2D eigenvalue weighted by Gasteiger charge is 2.42. The third kappa shape index (κ3) is 3.33. The lowest BCUT2D eigenvalue weighted by Gasteiger charge is -2.46. The van der Waals surface area contributed by atoms with Gasteiger partial charge >= 0.3 is 0 Å². The van der Waals surface area contributed by atoms with Gasteiger partial charge in [-0.15, -0.1) is 0 Å². The molecule has 0 nitrogen and oxygen atoms in total. The van der Waals surface area contributed by atoms with Gasteiger partial charge in [0, 0.05) is 11.0 Å². The van der Waals surface area contributed by atoms with Gasteiger partial charge in [-0.2, -0.15) is 0 Å². The van der Waals surface area contributed by atoms with Crippen LogP contribution in [0.15, 0.2) is 36.9 Å². The number of halogens is 1. The van der Waals surface area contributed by atoms with E-state index in [-0.39, 0.29) is 11.2 Å². The number of hydrogen-bond donors (Lipinski definition) is 0. The summed E-state index contributed by atoms with van der Waals surface area (Å²) in [6.07, 6.45) is 3.81. The Kier molecular flexibility index (Phi) is 6.00. The monoisotopic (exact) mass is 354 g/mol. The Morgan fingerprint density at radius 1 is 1.23 bits per heavy atom. The maximum atomic E-state index is 15.0. The van der Waals surface area contributed by atoms with Crippen molar-refractivity contribution in [1.82, 2.24) is 0 Å². The zero-order valence-electron chi connectivity index (χ0n) is 17.6. The molecule has 0 N–H and O–H groups in total. The van der Waals surface area contributed by atoms with Crippen LogP contribution in [0.4, 0.5) is 4.39 Å². The second kappa shape index (κ2) is 7.55. The molecule has 0 amide bonds. The Labute approximate surface area is 159 Å². The minimum absolute atomic E-state index is 0.128. The lowest BCUT2D eigenvalue weighted by molar-refractivity contribution is 0.268. The molecule has 0 radical (unpaired) electrons. The lowest BCUT2D eigenvalue weighted by atomic mass is 9.58. The van der Waals surface area contributed by atoms with Crippen molar-refractivity contribution >= 4 is 5.57 Å². The fourth-order valence-electron chi connectivity index (χ4n) is 4.67. The zero-order valence-corrected chi connectivity index (χ0v) is 17.6. The second-order valence-electron chi connectivity index (χ2n) is 8.54. The van der Waals surface area contributed by atoms with Gasteiger partial charge in [0.25, 0.3) is 0 Å². The van der Waals surface area contributed by atoms with Crippen molar-refractivity contribution in [2.24, 2.45) is 17.3 Å². The summed E-state index contributed by atoms with van der Waals surface area (Å²) in [5.74, 6) is 0.937. The molecule has 0 saturated heterocycles. The van der Waals surface area contributed by atoms with E-state index in [1.807, 2.05) is 26.8 Å². The van der Waals surface area contributed by atoms with E-state index in [1.54, 1.807) is 0 Å². The summed E-state index contributed by atoms with van der Waals surface area (Å²) in [5, 5.41) is 0. The summed E-state index contributed by atoms with van der Waals surface area (Å²) in [5.41, 5.74) is 6.74. The van der Waals surface area contributed by atoms with Crippen molar-refractivity contribution in [3.63, 3.8) is 0 Å². The van der Waals surface area contributed by atoms with E-state index in [0.29, 0.717) is 23.8 Å². The molecule has 2 atom stereocenters. The summed E-state index contributed by atoms with van der Waals surface area (Å²) < 4.78 is 15.0. The van der Waals surface area contributed by atoms with Crippen LogP contribution in [0.1, 0.15) is 68.7 Å². The molecule has 1 fully saturated rings. The largest absolute Gasteiger partial charge is 0.206 e. The number of allylic oxidation sites excluding steroid dienone is 3. The molecule has 1 aliphatic rings. The van der Waals surface area contributed by atoms with E-state index in [9.17, 15) is 4.39 Å². The second-order valence-corrected chi connectivity index (χ2v) is 8.54. The Hall–Kier alpha value is -1.63. The van der Waals surface area contributed by atoms with Gasteiger partial charge in [-0.05, 0) is 86.6 Å². The molecule has 2 rings (SSSR count). The standard InChI is InChI=1S/C25H35F/c1-10-25(18(6)11-12-22(15(2)3)21(25)9)14-17(5)23-13-16(4)19(7)20(8)24(23)26/h13,15,22H,5-6,9-12,14H2,1-4,7-8H3. The van der Waals surface area contributed by atoms with Crippen molar-refractivity contribution in [2.75, 3.05) is 0 Å².